The molecule has 0 amide bonds. The molecule has 27 heavy (non-hydrogen) atoms. The van der Waals surface area contributed by atoms with Gasteiger partial charge in [-0.25, -0.2) is 8.42 Å². The lowest BCUT2D eigenvalue weighted by Gasteiger charge is -2.34. The van der Waals surface area contributed by atoms with Crippen molar-refractivity contribution in [3.8, 4) is 0 Å². The summed E-state index contributed by atoms with van der Waals surface area (Å²) < 4.78 is 28.8. The molecule has 0 atom stereocenters. The van der Waals surface area contributed by atoms with E-state index in [1.807, 2.05) is 19.1 Å². The molecular weight excluding hydrogens is 388 g/mol. The molecule has 3 aromatic rings. The molecule has 1 aliphatic rings. The number of sulfonamides is 1. The van der Waals surface area contributed by atoms with Crippen LogP contribution in [0.25, 0.3) is 5.65 Å². The second-order valence-corrected chi connectivity index (χ2v) is 8.65. The van der Waals surface area contributed by atoms with Crippen LogP contribution in [0.15, 0.2) is 41.3 Å². The lowest BCUT2D eigenvalue weighted by atomic mass is 10.3. The van der Waals surface area contributed by atoms with Crippen molar-refractivity contribution >= 4 is 33.1 Å². The fourth-order valence-electron chi connectivity index (χ4n) is 3.13. The number of hydrogen-bond donors (Lipinski definition) is 0. The van der Waals surface area contributed by atoms with Crippen LogP contribution >= 0.6 is 11.6 Å². The first-order chi connectivity index (χ1) is 13.0. The molecule has 0 aliphatic carbocycles. The summed E-state index contributed by atoms with van der Waals surface area (Å²) in [5.74, 6) is 1.59. The third-order valence-corrected chi connectivity index (χ3v) is 6.81. The van der Waals surface area contributed by atoms with Crippen LogP contribution < -0.4 is 4.90 Å². The summed E-state index contributed by atoms with van der Waals surface area (Å²) in [6, 6.07) is 10.0. The van der Waals surface area contributed by atoms with Gasteiger partial charge in [0.25, 0.3) is 0 Å². The van der Waals surface area contributed by atoms with Crippen LogP contribution in [0.4, 0.5) is 5.82 Å². The number of rotatable bonds is 4. The first-order valence-electron chi connectivity index (χ1n) is 8.71. The van der Waals surface area contributed by atoms with Gasteiger partial charge in [0.2, 0.25) is 10.0 Å². The van der Waals surface area contributed by atoms with E-state index in [1.165, 1.54) is 16.4 Å². The Hall–Kier alpha value is -2.23. The number of nitrogens with zero attached hydrogens (tertiary/aromatic N) is 6. The van der Waals surface area contributed by atoms with Crippen molar-refractivity contribution in [2.75, 3.05) is 31.1 Å². The Kier molecular flexibility index (Phi) is 4.75. The van der Waals surface area contributed by atoms with Crippen LogP contribution in [0, 0.1) is 0 Å². The van der Waals surface area contributed by atoms with E-state index in [4.69, 9.17) is 11.6 Å². The minimum absolute atomic E-state index is 0.261. The number of benzene rings is 1. The van der Waals surface area contributed by atoms with E-state index in [2.05, 4.69) is 20.2 Å². The Morgan fingerprint density at radius 1 is 1.00 bits per heavy atom. The van der Waals surface area contributed by atoms with Crippen molar-refractivity contribution in [2.24, 2.45) is 0 Å². The maximum atomic E-state index is 12.8. The zero-order valence-electron chi connectivity index (χ0n) is 14.8. The minimum Gasteiger partial charge on any atom is -0.353 e. The minimum atomic E-state index is -3.52. The lowest BCUT2D eigenvalue weighted by Crippen LogP contribution is -2.49. The monoisotopic (exact) mass is 406 g/mol. The van der Waals surface area contributed by atoms with Gasteiger partial charge in [0.05, 0.1) is 4.90 Å². The van der Waals surface area contributed by atoms with Gasteiger partial charge >= 0.3 is 0 Å². The van der Waals surface area contributed by atoms with Gasteiger partial charge in [0.1, 0.15) is 5.82 Å². The molecule has 10 heteroatoms. The number of aryl methyl sites for hydroxylation is 1. The largest absolute Gasteiger partial charge is 0.353 e. The van der Waals surface area contributed by atoms with Gasteiger partial charge in [-0.2, -0.15) is 8.82 Å². The number of piperazine rings is 1. The Morgan fingerprint density at radius 3 is 2.37 bits per heavy atom. The molecule has 8 nitrogen and oxygen atoms in total. The Balaban J connectivity index is 1.51. The van der Waals surface area contributed by atoms with Crippen molar-refractivity contribution in [1.82, 2.24) is 24.1 Å². The number of fused-ring (bicyclic) bond motifs is 1. The van der Waals surface area contributed by atoms with Gasteiger partial charge in [-0.1, -0.05) is 18.5 Å². The zero-order chi connectivity index (χ0) is 19.0. The number of hydrogen-bond acceptors (Lipinski definition) is 6. The molecule has 3 heterocycles. The summed E-state index contributed by atoms with van der Waals surface area (Å²) in [5, 5.41) is 13.3. The molecule has 0 saturated carbocycles. The molecule has 1 aliphatic heterocycles. The fourth-order valence-corrected chi connectivity index (χ4v) is 4.67. The topological polar surface area (TPSA) is 83.7 Å². The molecule has 0 bridgehead atoms. The lowest BCUT2D eigenvalue weighted by molar-refractivity contribution is 0.383. The fraction of sp³-hybridized carbons (Fsp3) is 0.353. The van der Waals surface area contributed by atoms with Crippen molar-refractivity contribution < 1.29 is 8.42 Å². The molecule has 1 saturated heterocycles. The molecule has 0 N–H and O–H groups in total. The smallest absolute Gasteiger partial charge is 0.243 e. The van der Waals surface area contributed by atoms with Gasteiger partial charge in [0, 0.05) is 37.6 Å². The first kappa shape index (κ1) is 18.1. The molecule has 4 rings (SSSR count). The van der Waals surface area contributed by atoms with Crippen LogP contribution in [0.2, 0.25) is 5.02 Å². The maximum Gasteiger partial charge on any atom is 0.243 e. The number of aromatic nitrogens is 4. The second-order valence-electron chi connectivity index (χ2n) is 6.28. The average Bonchev–Trinajstić information content (AvgIpc) is 3.11. The summed E-state index contributed by atoms with van der Waals surface area (Å²) in [6.07, 6.45) is 0.741. The van der Waals surface area contributed by atoms with Gasteiger partial charge in [-0.15, -0.1) is 15.3 Å². The normalized spacial score (nSPS) is 16.1. The SMILES string of the molecule is CCc1nnc2ccc(N3CCN(S(=O)(=O)c4ccc(Cl)cc4)CC3)nn12. The molecule has 2 aromatic heterocycles. The molecule has 0 unspecified atom stereocenters. The van der Waals surface area contributed by atoms with Crippen LogP contribution in [0.5, 0.6) is 0 Å². The standard InChI is InChI=1S/C17H19ClN6O2S/c1-2-15-19-20-16-7-8-17(21-24(15)16)22-9-11-23(12-10-22)27(25,26)14-5-3-13(18)4-6-14/h3-8H,2,9-12H2,1H3. The van der Waals surface area contributed by atoms with Crippen LogP contribution in [0.3, 0.4) is 0 Å². The van der Waals surface area contributed by atoms with E-state index < -0.39 is 10.0 Å². The third kappa shape index (κ3) is 3.38. The molecule has 0 radical (unpaired) electrons. The van der Waals surface area contributed by atoms with E-state index in [-0.39, 0.29) is 4.90 Å². The molecule has 1 fully saturated rings. The van der Waals surface area contributed by atoms with Crippen LogP contribution in [0.1, 0.15) is 12.7 Å². The third-order valence-electron chi connectivity index (χ3n) is 4.64. The molecule has 1 aromatic carbocycles. The summed E-state index contributed by atoms with van der Waals surface area (Å²) in [7, 11) is -3.52. The zero-order valence-corrected chi connectivity index (χ0v) is 16.4. The molecular formula is C17H19ClN6O2S. The van der Waals surface area contributed by atoms with Crippen molar-refractivity contribution in [3.63, 3.8) is 0 Å². The quantitative estimate of drug-likeness (QED) is 0.657. The highest BCUT2D eigenvalue weighted by molar-refractivity contribution is 7.89. The predicted molar refractivity (Wildman–Crippen MR) is 103 cm³/mol. The number of anilines is 1. The van der Waals surface area contributed by atoms with Gasteiger partial charge < -0.3 is 4.90 Å². The Morgan fingerprint density at radius 2 is 1.70 bits per heavy atom. The van der Waals surface area contributed by atoms with Gasteiger partial charge in [-0.05, 0) is 36.4 Å². The summed E-state index contributed by atoms with van der Waals surface area (Å²) in [5.41, 5.74) is 0.708. The van der Waals surface area contributed by atoms with E-state index in [0.29, 0.717) is 36.8 Å². The van der Waals surface area contributed by atoms with E-state index in [9.17, 15) is 8.42 Å². The Labute approximate surface area is 162 Å². The highest BCUT2D eigenvalue weighted by Gasteiger charge is 2.29. The molecule has 0 spiro atoms. The van der Waals surface area contributed by atoms with E-state index >= 15 is 0 Å². The van der Waals surface area contributed by atoms with Gasteiger partial charge in [-0.3, -0.25) is 0 Å². The van der Waals surface area contributed by atoms with Crippen LogP contribution in [-0.4, -0.2) is 58.7 Å². The highest BCUT2D eigenvalue weighted by atomic mass is 35.5. The first-order valence-corrected chi connectivity index (χ1v) is 10.5. The van der Waals surface area contributed by atoms with E-state index in [1.54, 1.807) is 16.6 Å². The van der Waals surface area contributed by atoms with Crippen LogP contribution in [-0.2, 0) is 16.4 Å². The van der Waals surface area contributed by atoms with Gasteiger partial charge in [0.15, 0.2) is 11.5 Å². The molecule has 142 valence electrons. The second kappa shape index (κ2) is 7.06. The predicted octanol–water partition coefficient (Wildman–Crippen LogP) is 1.85. The van der Waals surface area contributed by atoms with Crippen molar-refractivity contribution in [1.29, 1.82) is 0 Å². The summed E-state index contributed by atoms with van der Waals surface area (Å²) in [6.45, 7) is 3.93. The summed E-state index contributed by atoms with van der Waals surface area (Å²) in [4.78, 5) is 2.34. The average molecular weight is 407 g/mol. The highest BCUT2D eigenvalue weighted by Crippen LogP contribution is 2.21. The van der Waals surface area contributed by atoms with E-state index in [0.717, 1.165) is 18.1 Å². The number of halogens is 1. The van der Waals surface area contributed by atoms with Crippen molar-refractivity contribution in [2.45, 2.75) is 18.2 Å². The summed E-state index contributed by atoms with van der Waals surface area (Å²) >= 11 is 5.86. The Bertz CT molecular complexity index is 1060. The maximum absolute atomic E-state index is 12.8. The van der Waals surface area contributed by atoms with Crippen molar-refractivity contribution in [3.05, 3.63) is 47.2 Å².